The monoisotopic (exact) mass is 262 g/mol. The number of anilines is 1. The van der Waals surface area contributed by atoms with Gasteiger partial charge >= 0.3 is 5.69 Å². The summed E-state index contributed by atoms with van der Waals surface area (Å²) in [5.74, 6) is -0.196. The third kappa shape index (κ3) is 1.56. The lowest BCUT2D eigenvalue weighted by molar-refractivity contribution is 0.458. The fourth-order valence-electron chi connectivity index (χ4n) is 1.94. The summed E-state index contributed by atoms with van der Waals surface area (Å²) in [5.41, 5.74) is 7.91. The predicted molar refractivity (Wildman–Crippen MR) is 70.8 cm³/mol. The summed E-state index contributed by atoms with van der Waals surface area (Å²) in [7, 11) is 0. The lowest BCUT2D eigenvalue weighted by atomic mass is 10.1. The van der Waals surface area contributed by atoms with Crippen LogP contribution in [0.15, 0.2) is 16.9 Å². The Kier molecular flexibility index (Phi) is 2.17. The second kappa shape index (κ2) is 3.61. The number of hydrogen-bond acceptors (Lipinski definition) is 5. The molecule has 3 rings (SSSR count). The minimum absolute atomic E-state index is 0.196. The van der Waals surface area contributed by atoms with Gasteiger partial charge in [0.1, 0.15) is 5.69 Å². The van der Waals surface area contributed by atoms with E-state index in [1.165, 1.54) is 11.3 Å². The van der Waals surface area contributed by atoms with Crippen molar-refractivity contribution in [2.45, 2.75) is 6.92 Å². The van der Waals surface area contributed by atoms with Gasteiger partial charge in [0, 0.05) is 5.56 Å². The molecule has 0 amide bonds. The Morgan fingerprint density at radius 1 is 1.39 bits per heavy atom. The van der Waals surface area contributed by atoms with Gasteiger partial charge < -0.3 is 15.8 Å². The van der Waals surface area contributed by atoms with Crippen molar-refractivity contribution in [3.63, 3.8) is 0 Å². The minimum atomic E-state index is -0.458. The van der Waals surface area contributed by atoms with Crippen LogP contribution in [-0.4, -0.2) is 20.1 Å². The van der Waals surface area contributed by atoms with Crippen LogP contribution in [-0.2, 0) is 0 Å². The van der Waals surface area contributed by atoms with E-state index in [2.05, 4.69) is 15.0 Å². The highest BCUT2D eigenvalue weighted by Crippen LogP contribution is 2.35. The molecule has 7 heteroatoms. The van der Waals surface area contributed by atoms with Crippen molar-refractivity contribution < 1.29 is 5.11 Å². The normalized spacial score (nSPS) is 11.2. The van der Waals surface area contributed by atoms with E-state index in [4.69, 9.17) is 5.73 Å². The van der Waals surface area contributed by atoms with E-state index in [0.717, 1.165) is 10.3 Å². The highest BCUT2D eigenvalue weighted by Gasteiger charge is 2.15. The number of aryl methyl sites for hydroxylation is 1. The lowest BCUT2D eigenvalue weighted by Gasteiger charge is -2.02. The van der Waals surface area contributed by atoms with Crippen molar-refractivity contribution in [1.29, 1.82) is 0 Å². The topological polar surface area (TPSA) is 108 Å². The summed E-state index contributed by atoms with van der Waals surface area (Å²) >= 11 is 1.37. The zero-order valence-electron chi connectivity index (χ0n) is 9.44. The van der Waals surface area contributed by atoms with Crippen LogP contribution in [0.25, 0.3) is 21.5 Å². The third-order valence-corrected chi connectivity index (χ3v) is 3.46. The van der Waals surface area contributed by atoms with Crippen LogP contribution in [0.4, 0.5) is 5.13 Å². The van der Waals surface area contributed by atoms with E-state index in [0.29, 0.717) is 21.9 Å². The van der Waals surface area contributed by atoms with Crippen LogP contribution in [0.3, 0.4) is 0 Å². The van der Waals surface area contributed by atoms with Crippen LogP contribution in [0.1, 0.15) is 5.56 Å². The van der Waals surface area contributed by atoms with Gasteiger partial charge in [-0.05, 0) is 24.6 Å². The number of H-pyrrole nitrogens is 2. The fourth-order valence-corrected chi connectivity index (χ4v) is 2.80. The molecule has 3 aromatic rings. The van der Waals surface area contributed by atoms with Gasteiger partial charge in [0.15, 0.2) is 5.13 Å². The maximum Gasteiger partial charge on any atom is 0.326 e. The smallest absolute Gasteiger partial charge is 0.326 e. The molecular formula is C11H10N4O2S. The van der Waals surface area contributed by atoms with Gasteiger partial charge in [-0.1, -0.05) is 11.3 Å². The fraction of sp³-hybridized carbons (Fsp3) is 0.0909. The molecule has 0 unspecified atom stereocenters. The molecule has 0 atom stereocenters. The number of rotatable bonds is 1. The van der Waals surface area contributed by atoms with E-state index in [9.17, 15) is 9.90 Å². The molecule has 2 heterocycles. The largest absolute Gasteiger partial charge is 0.493 e. The third-order valence-electron chi connectivity index (χ3n) is 2.63. The van der Waals surface area contributed by atoms with Gasteiger partial charge in [0.2, 0.25) is 5.88 Å². The summed E-state index contributed by atoms with van der Waals surface area (Å²) < 4.78 is 0.920. The van der Waals surface area contributed by atoms with E-state index < -0.39 is 5.69 Å². The molecule has 2 aromatic heterocycles. The Balaban J connectivity index is 2.40. The quantitative estimate of drug-likeness (QED) is 0.534. The van der Waals surface area contributed by atoms with Crippen molar-refractivity contribution in [2.75, 3.05) is 5.73 Å². The number of aromatic amines is 2. The molecule has 0 radical (unpaired) electrons. The maximum absolute atomic E-state index is 11.2. The number of aromatic hydroxyl groups is 1. The van der Waals surface area contributed by atoms with E-state index in [-0.39, 0.29) is 5.88 Å². The first kappa shape index (κ1) is 10.8. The number of benzene rings is 1. The molecule has 0 aliphatic carbocycles. The van der Waals surface area contributed by atoms with E-state index >= 15 is 0 Å². The molecule has 0 fully saturated rings. The second-order valence-corrected chi connectivity index (χ2v) is 5.08. The summed E-state index contributed by atoms with van der Waals surface area (Å²) in [4.78, 5) is 20.3. The van der Waals surface area contributed by atoms with Crippen LogP contribution < -0.4 is 11.4 Å². The highest BCUT2D eigenvalue weighted by atomic mass is 32.1. The van der Waals surface area contributed by atoms with Crippen LogP contribution in [0, 0.1) is 6.92 Å². The number of hydrogen-bond donors (Lipinski definition) is 4. The molecule has 1 aromatic carbocycles. The number of nitrogens with one attached hydrogen (secondary N) is 2. The SMILES string of the molecule is Cc1cc(-c2[nH]c(=O)[nH]c2O)c2nc(N)sc2c1. The predicted octanol–water partition coefficient (Wildman–Crippen LogP) is 1.58. The van der Waals surface area contributed by atoms with Crippen molar-refractivity contribution >= 4 is 26.7 Å². The molecule has 0 saturated carbocycles. The van der Waals surface area contributed by atoms with Crippen LogP contribution in [0.2, 0.25) is 0 Å². The molecule has 0 aliphatic heterocycles. The van der Waals surface area contributed by atoms with E-state index in [1.54, 1.807) is 0 Å². The number of nitrogens with two attached hydrogens (primary N) is 1. The first-order chi connectivity index (χ1) is 8.54. The Morgan fingerprint density at radius 3 is 2.83 bits per heavy atom. The Labute approximate surface area is 105 Å². The summed E-state index contributed by atoms with van der Waals surface area (Å²) in [5, 5.41) is 10.2. The average Bonchev–Trinajstić information content (AvgIpc) is 2.79. The number of nitrogens with zero attached hydrogens (tertiary/aromatic N) is 1. The summed E-state index contributed by atoms with van der Waals surface area (Å²) in [6.45, 7) is 1.93. The average molecular weight is 262 g/mol. The number of fused-ring (bicyclic) bond motifs is 1. The van der Waals surface area contributed by atoms with Crippen LogP contribution >= 0.6 is 11.3 Å². The molecule has 18 heavy (non-hydrogen) atoms. The van der Waals surface area contributed by atoms with Crippen molar-refractivity contribution in [3.8, 4) is 17.1 Å². The molecule has 92 valence electrons. The van der Waals surface area contributed by atoms with Gasteiger partial charge in [-0.2, -0.15) is 0 Å². The Morgan fingerprint density at radius 2 is 2.17 bits per heavy atom. The maximum atomic E-state index is 11.2. The van der Waals surface area contributed by atoms with Gasteiger partial charge in [0.05, 0.1) is 10.2 Å². The summed E-state index contributed by atoms with van der Waals surface area (Å²) in [6, 6.07) is 3.81. The highest BCUT2D eigenvalue weighted by molar-refractivity contribution is 7.22. The number of aromatic nitrogens is 3. The molecule has 0 saturated heterocycles. The van der Waals surface area contributed by atoms with Crippen molar-refractivity contribution in [2.24, 2.45) is 0 Å². The van der Waals surface area contributed by atoms with Crippen molar-refractivity contribution in [1.82, 2.24) is 15.0 Å². The summed E-state index contributed by atoms with van der Waals surface area (Å²) in [6.07, 6.45) is 0. The lowest BCUT2D eigenvalue weighted by Crippen LogP contribution is -2.00. The first-order valence-electron chi connectivity index (χ1n) is 5.23. The van der Waals surface area contributed by atoms with Gasteiger partial charge in [0.25, 0.3) is 0 Å². The zero-order chi connectivity index (χ0) is 12.9. The standard InChI is InChI=1S/C11H10N4O2S/c1-4-2-5(8-9(16)15-11(17)14-8)7-6(3-4)18-10(12)13-7/h2-3,16H,1H3,(H2,12,13)(H2,14,15,17). The van der Waals surface area contributed by atoms with E-state index in [1.807, 2.05) is 19.1 Å². The number of thiazole rings is 1. The number of imidazole rings is 1. The zero-order valence-corrected chi connectivity index (χ0v) is 10.3. The minimum Gasteiger partial charge on any atom is -0.493 e. The first-order valence-corrected chi connectivity index (χ1v) is 6.04. The molecule has 6 nitrogen and oxygen atoms in total. The van der Waals surface area contributed by atoms with Gasteiger partial charge in [-0.3, -0.25) is 4.98 Å². The molecule has 0 spiro atoms. The second-order valence-electron chi connectivity index (χ2n) is 4.01. The molecular weight excluding hydrogens is 252 g/mol. The van der Waals surface area contributed by atoms with Crippen LogP contribution in [0.5, 0.6) is 5.88 Å². The number of nitrogen functional groups attached to an aromatic ring is 1. The Hall–Kier alpha value is -2.28. The molecule has 0 bridgehead atoms. The van der Waals surface area contributed by atoms with Crippen molar-refractivity contribution in [3.05, 3.63) is 28.2 Å². The molecule has 0 aliphatic rings. The Bertz CT molecular complexity index is 799. The van der Waals surface area contributed by atoms with Gasteiger partial charge in [-0.25, -0.2) is 9.78 Å². The van der Waals surface area contributed by atoms with Gasteiger partial charge in [-0.15, -0.1) is 0 Å². The molecule has 5 N–H and O–H groups in total.